The Morgan fingerprint density at radius 2 is 1.70 bits per heavy atom. The van der Waals surface area contributed by atoms with Crippen molar-refractivity contribution in [1.29, 1.82) is 0 Å². The van der Waals surface area contributed by atoms with Gasteiger partial charge in [0.25, 0.3) is 0 Å². The Morgan fingerprint density at radius 3 is 2.52 bits per heavy atom. The SMILES string of the molecule is NC(CC(=O)C(=O)c1cccc2ccccc12)(C(=O)O)C1c2ccccc2N[C@@H]2CCC[C@H]12. The zero-order valence-electron chi connectivity index (χ0n) is 18.2. The lowest BCUT2D eigenvalue weighted by atomic mass is 9.66. The molecule has 3 aromatic rings. The number of hydrogen-bond donors (Lipinski definition) is 3. The maximum atomic E-state index is 13.2. The molecule has 0 aromatic heterocycles. The zero-order valence-corrected chi connectivity index (χ0v) is 18.2. The van der Waals surface area contributed by atoms with Crippen LogP contribution in [-0.2, 0) is 9.59 Å². The third-order valence-electron chi connectivity index (χ3n) is 7.33. The fraction of sp³-hybridized carbons (Fsp3) is 0.296. The Bertz CT molecular complexity index is 1260. The Labute approximate surface area is 191 Å². The summed E-state index contributed by atoms with van der Waals surface area (Å²) in [7, 11) is 0. The third kappa shape index (κ3) is 3.51. The number of hydrogen-bond acceptors (Lipinski definition) is 5. The number of nitrogens with two attached hydrogens (primary N) is 1. The number of aliphatic carboxylic acids is 1. The van der Waals surface area contributed by atoms with Gasteiger partial charge in [0, 0.05) is 29.6 Å². The van der Waals surface area contributed by atoms with Crippen molar-refractivity contribution in [3.63, 3.8) is 0 Å². The van der Waals surface area contributed by atoms with E-state index in [-0.39, 0.29) is 17.5 Å². The molecule has 168 valence electrons. The van der Waals surface area contributed by atoms with Gasteiger partial charge in [0.15, 0.2) is 0 Å². The van der Waals surface area contributed by atoms with Crippen LogP contribution in [0.4, 0.5) is 5.69 Å². The van der Waals surface area contributed by atoms with Crippen molar-refractivity contribution in [2.75, 3.05) is 5.32 Å². The number of nitrogens with one attached hydrogen (secondary N) is 1. The molecule has 2 aliphatic rings. The molecule has 4 N–H and O–H groups in total. The first-order chi connectivity index (χ1) is 15.9. The summed E-state index contributed by atoms with van der Waals surface area (Å²) in [5.41, 5.74) is 6.66. The van der Waals surface area contributed by atoms with Crippen LogP contribution in [0.5, 0.6) is 0 Å². The molecule has 0 bridgehead atoms. The highest BCUT2D eigenvalue weighted by Gasteiger charge is 2.53. The van der Waals surface area contributed by atoms with Gasteiger partial charge in [-0.05, 0) is 41.2 Å². The normalized spacial score (nSPS) is 23.1. The minimum Gasteiger partial charge on any atom is -0.480 e. The fourth-order valence-corrected chi connectivity index (χ4v) is 5.79. The molecule has 2 unspecified atom stereocenters. The van der Waals surface area contributed by atoms with Crippen LogP contribution in [-0.4, -0.2) is 34.2 Å². The Balaban J connectivity index is 1.53. The molecule has 1 aliphatic carbocycles. The summed E-state index contributed by atoms with van der Waals surface area (Å²) >= 11 is 0. The molecule has 0 saturated heterocycles. The number of rotatable bonds is 6. The number of anilines is 1. The van der Waals surface area contributed by atoms with E-state index in [4.69, 9.17) is 5.73 Å². The molecule has 1 heterocycles. The van der Waals surface area contributed by atoms with Crippen molar-refractivity contribution < 1.29 is 19.5 Å². The summed E-state index contributed by atoms with van der Waals surface area (Å²) < 4.78 is 0. The molecule has 3 aromatic carbocycles. The summed E-state index contributed by atoms with van der Waals surface area (Å²) in [6.45, 7) is 0. The summed E-state index contributed by atoms with van der Waals surface area (Å²) in [4.78, 5) is 39.1. The van der Waals surface area contributed by atoms with Crippen molar-refractivity contribution in [3.05, 3.63) is 77.9 Å². The van der Waals surface area contributed by atoms with E-state index in [9.17, 15) is 19.5 Å². The number of benzene rings is 3. The first-order valence-corrected chi connectivity index (χ1v) is 11.3. The van der Waals surface area contributed by atoms with E-state index in [0.29, 0.717) is 5.39 Å². The highest BCUT2D eigenvalue weighted by atomic mass is 16.4. The number of carboxylic acid groups (broad SMARTS) is 1. The van der Waals surface area contributed by atoms with Crippen LogP contribution in [0.1, 0.15) is 47.5 Å². The van der Waals surface area contributed by atoms with Crippen molar-refractivity contribution in [2.45, 2.75) is 43.2 Å². The van der Waals surface area contributed by atoms with Gasteiger partial charge >= 0.3 is 5.97 Å². The highest BCUT2D eigenvalue weighted by Crippen LogP contribution is 2.50. The Morgan fingerprint density at radius 1 is 0.970 bits per heavy atom. The van der Waals surface area contributed by atoms with E-state index in [0.717, 1.165) is 35.9 Å². The summed E-state index contributed by atoms with van der Waals surface area (Å²) in [5.74, 6) is -3.31. The zero-order chi connectivity index (χ0) is 23.2. The number of para-hydroxylation sites is 1. The van der Waals surface area contributed by atoms with Gasteiger partial charge in [-0.3, -0.25) is 14.4 Å². The van der Waals surface area contributed by atoms with Crippen molar-refractivity contribution in [3.8, 4) is 0 Å². The third-order valence-corrected chi connectivity index (χ3v) is 7.33. The van der Waals surface area contributed by atoms with Crippen LogP contribution in [0.25, 0.3) is 10.8 Å². The topological polar surface area (TPSA) is 109 Å². The van der Waals surface area contributed by atoms with Crippen LogP contribution in [0, 0.1) is 5.92 Å². The number of carbonyl (C=O) groups is 3. The van der Waals surface area contributed by atoms with Gasteiger partial charge in [-0.2, -0.15) is 0 Å². The minimum absolute atomic E-state index is 0.0125. The summed E-state index contributed by atoms with van der Waals surface area (Å²) in [6, 6.07) is 20.2. The van der Waals surface area contributed by atoms with Gasteiger partial charge in [-0.15, -0.1) is 0 Å². The summed E-state index contributed by atoms with van der Waals surface area (Å²) in [5, 5.41) is 15.3. The van der Waals surface area contributed by atoms with Crippen LogP contribution in [0.15, 0.2) is 66.7 Å². The quantitative estimate of drug-likeness (QED) is 0.391. The molecular weight excluding hydrogens is 416 g/mol. The molecule has 33 heavy (non-hydrogen) atoms. The second-order valence-corrected chi connectivity index (χ2v) is 9.21. The van der Waals surface area contributed by atoms with Crippen LogP contribution in [0.2, 0.25) is 0 Å². The van der Waals surface area contributed by atoms with Gasteiger partial charge in [-0.25, -0.2) is 0 Å². The maximum absolute atomic E-state index is 13.2. The van der Waals surface area contributed by atoms with Crippen molar-refractivity contribution in [1.82, 2.24) is 0 Å². The fourth-order valence-electron chi connectivity index (χ4n) is 5.79. The molecule has 0 radical (unpaired) electrons. The predicted octanol–water partition coefficient (Wildman–Crippen LogP) is 4.14. The lowest BCUT2D eigenvalue weighted by molar-refractivity contribution is -0.146. The van der Waals surface area contributed by atoms with Crippen molar-refractivity contribution in [2.24, 2.45) is 11.7 Å². The molecule has 1 fully saturated rings. The maximum Gasteiger partial charge on any atom is 0.324 e. The van der Waals surface area contributed by atoms with Gasteiger partial charge in [0.1, 0.15) is 5.54 Å². The number of fused-ring (bicyclic) bond motifs is 3. The predicted molar refractivity (Wildman–Crippen MR) is 126 cm³/mol. The second kappa shape index (κ2) is 8.12. The number of ketones is 2. The lowest BCUT2D eigenvalue weighted by Gasteiger charge is -2.44. The Kier molecular flexibility index (Phi) is 5.25. The molecule has 6 heteroatoms. The van der Waals surface area contributed by atoms with E-state index >= 15 is 0 Å². The standard InChI is InChI=1S/C27H26N2O4/c28-27(26(32)33,24-19-10-3-4-13-21(19)29-22-14-6-12-20(22)24)15-23(30)25(31)18-11-5-8-16-7-1-2-9-17(16)18/h1-5,7-11,13,20,22,24,29H,6,12,14-15,28H2,(H,32,33)/t20-,22+,24?,27?/m0/s1. The molecule has 5 rings (SSSR count). The number of carboxylic acids is 1. The van der Waals surface area contributed by atoms with Gasteiger partial charge in [0.2, 0.25) is 11.6 Å². The first kappa shape index (κ1) is 21.3. The average molecular weight is 443 g/mol. The van der Waals surface area contributed by atoms with E-state index in [1.807, 2.05) is 42.5 Å². The molecule has 4 atom stereocenters. The monoisotopic (exact) mass is 442 g/mol. The van der Waals surface area contributed by atoms with E-state index in [1.165, 1.54) is 0 Å². The van der Waals surface area contributed by atoms with E-state index in [2.05, 4.69) is 5.32 Å². The van der Waals surface area contributed by atoms with Gasteiger partial charge in [-0.1, -0.05) is 67.1 Å². The molecule has 1 aliphatic heterocycles. The molecule has 1 saturated carbocycles. The second-order valence-electron chi connectivity index (χ2n) is 9.21. The largest absolute Gasteiger partial charge is 0.480 e. The number of carbonyl (C=O) groups excluding carboxylic acids is 2. The van der Waals surface area contributed by atoms with Crippen LogP contribution < -0.4 is 11.1 Å². The van der Waals surface area contributed by atoms with Crippen LogP contribution >= 0.6 is 0 Å². The summed E-state index contributed by atoms with van der Waals surface area (Å²) in [6.07, 6.45) is 2.17. The Hall–Kier alpha value is -3.51. The average Bonchev–Trinajstić information content (AvgIpc) is 3.29. The van der Waals surface area contributed by atoms with E-state index in [1.54, 1.807) is 24.3 Å². The molecular formula is C27H26N2O4. The molecule has 0 spiro atoms. The van der Waals surface area contributed by atoms with Crippen molar-refractivity contribution >= 4 is 34.0 Å². The van der Waals surface area contributed by atoms with Gasteiger partial charge < -0.3 is 16.2 Å². The lowest BCUT2D eigenvalue weighted by Crippen LogP contribution is -2.59. The smallest absolute Gasteiger partial charge is 0.324 e. The van der Waals surface area contributed by atoms with Gasteiger partial charge in [0.05, 0.1) is 0 Å². The molecule has 6 nitrogen and oxygen atoms in total. The minimum atomic E-state index is -1.89. The number of Topliss-reactive ketones (excluding diaryl/α,β-unsaturated/α-hetero) is 2. The molecule has 0 amide bonds. The van der Waals surface area contributed by atoms with Crippen LogP contribution in [0.3, 0.4) is 0 Å². The van der Waals surface area contributed by atoms with E-state index < -0.39 is 35.4 Å². The first-order valence-electron chi connectivity index (χ1n) is 11.3. The highest BCUT2D eigenvalue weighted by molar-refractivity contribution is 6.46.